The highest BCUT2D eigenvalue weighted by Crippen LogP contribution is 2.38. The van der Waals surface area contributed by atoms with Gasteiger partial charge in [-0.1, -0.05) is 22.9 Å². The van der Waals surface area contributed by atoms with Gasteiger partial charge in [0.25, 0.3) is 0 Å². The number of aliphatic imine (C=N–C) groups is 1. The highest BCUT2D eigenvalue weighted by Gasteiger charge is 2.17. The van der Waals surface area contributed by atoms with E-state index in [1.807, 2.05) is 32.0 Å². The normalized spacial score (nSPS) is 10.0. The van der Waals surface area contributed by atoms with Gasteiger partial charge in [0.1, 0.15) is 0 Å². The molecule has 5 nitrogen and oxygen atoms in total. The number of fused-ring (bicyclic) bond motifs is 1. The zero-order chi connectivity index (χ0) is 15.1. The van der Waals surface area contributed by atoms with E-state index in [9.17, 15) is 0 Å². The van der Waals surface area contributed by atoms with Crippen LogP contribution in [0.25, 0.3) is 22.2 Å². The van der Waals surface area contributed by atoms with E-state index < -0.39 is 0 Å². The average Bonchev–Trinajstić information content (AvgIpc) is 2.88. The Labute approximate surface area is 155 Å². The number of benzene rings is 1. The van der Waals surface area contributed by atoms with Crippen LogP contribution >= 0.6 is 47.8 Å². The van der Waals surface area contributed by atoms with Gasteiger partial charge in [-0.3, -0.25) is 0 Å². The molecule has 3 rings (SSSR count). The zero-order valence-corrected chi connectivity index (χ0v) is 15.6. The maximum atomic E-state index is 6.11. The second-order valence-corrected chi connectivity index (χ2v) is 6.37. The number of nitrogens with zero attached hydrogens (tertiary/aromatic N) is 2. The molecule has 0 saturated carbocycles. The molecule has 0 unspecified atom stereocenters. The number of aromatic amines is 1. The molecular formula is C14H16Cl3N5S. The lowest BCUT2D eigenvalue weighted by Crippen LogP contribution is -2.21. The van der Waals surface area contributed by atoms with Gasteiger partial charge in [-0.2, -0.15) is 4.99 Å². The molecular weight excluding hydrogens is 377 g/mol. The van der Waals surface area contributed by atoms with Crippen molar-refractivity contribution in [3.05, 3.63) is 33.8 Å². The first-order chi connectivity index (χ1) is 9.95. The maximum Gasteiger partial charge on any atom is 0.213 e. The molecule has 0 saturated heterocycles. The van der Waals surface area contributed by atoms with Crippen molar-refractivity contribution in [1.82, 2.24) is 9.97 Å². The van der Waals surface area contributed by atoms with Gasteiger partial charge in [0.2, 0.25) is 5.13 Å². The Hall–Kier alpha value is -1.47. The van der Waals surface area contributed by atoms with Gasteiger partial charge in [0, 0.05) is 32.1 Å². The summed E-state index contributed by atoms with van der Waals surface area (Å²) in [5.41, 5.74) is 14.8. The first-order valence-corrected chi connectivity index (χ1v) is 7.50. The Kier molecular flexibility index (Phi) is 6.30. The van der Waals surface area contributed by atoms with Gasteiger partial charge in [-0.05, 0) is 32.0 Å². The summed E-state index contributed by atoms with van der Waals surface area (Å²) in [5, 5.41) is 2.29. The molecule has 23 heavy (non-hydrogen) atoms. The van der Waals surface area contributed by atoms with E-state index in [0.717, 1.165) is 32.7 Å². The maximum absolute atomic E-state index is 6.11. The first kappa shape index (κ1) is 19.6. The number of H-pyrrole nitrogens is 1. The molecule has 0 aliphatic heterocycles. The van der Waals surface area contributed by atoms with Crippen LogP contribution in [0.4, 0.5) is 5.13 Å². The Balaban J connectivity index is 0.00000132. The van der Waals surface area contributed by atoms with Crippen molar-refractivity contribution >= 4 is 69.7 Å². The molecule has 9 heteroatoms. The van der Waals surface area contributed by atoms with Gasteiger partial charge >= 0.3 is 0 Å². The van der Waals surface area contributed by atoms with Crippen molar-refractivity contribution < 1.29 is 0 Å². The van der Waals surface area contributed by atoms with Gasteiger partial charge < -0.3 is 16.5 Å². The predicted octanol–water partition coefficient (Wildman–Crippen LogP) is 4.31. The highest BCUT2D eigenvalue weighted by atomic mass is 35.5. The van der Waals surface area contributed by atoms with E-state index >= 15 is 0 Å². The third-order valence-electron chi connectivity index (χ3n) is 3.19. The van der Waals surface area contributed by atoms with Gasteiger partial charge in [0.05, 0.1) is 5.69 Å². The van der Waals surface area contributed by atoms with Crippen molar-refractivity contribution in [1.29, 1.82) is 0 Å². The third-order valence-corrected chi connectivity index (χ3v) is 4.29. The van der Waals surface area contributed by atoms with Crippen molar-refractivity contribution in [2.75, 3.05) is 0 Å². The highest BCUT2D eigenvalue weighted by molar-refractivity contribution is 7.15. The number of hydrogen-bond acceptors (Lipinski definition) is 3. The van der Waals surface area contributed by atoms with Crippen LogP contribution < -0.4 is 11.5 Å². The molecule has 0 spiro atoms. The van der Waals surface area contributed by atoms with E-state index in [1.54, 1.807) is 0 Å². The van der Waals surface area contributed by atoms with Crippen LogP contribution in [0.15, 0.2) is 23.2 Å². The van der Waals surface area contributed by atoms with E-state index in [0.29, 0.717) is 10.2 Å². The molecule has 3 aromatic rings. The van der Waals surface area contributed by atoms with E-state index in [4.69, 9.17) is 23.1 Å². The van der Waals surface area contributed by atoms with Crippen LogP contribution in [0.1, 0.15) is 10.6 Å². The lowest BCUT2D eigenvalue weighted by molar-refractivity contribution is 1.27. The Morgan fingerprint density at radius 3 is 2.61 bits per heavy atom. The Bertz CT molecular complexity index is 865. The summed E-state index contributed by atoms with van der Waals surface area (Å²) in [6.07, 6.45) is 0. The summed E-state index contributed by atoms with van der Waals surface area (Å²) in [7, 11) is 0. The molecule has 2 heterocycles. The smallest absolute Gasteiger partial charge is 0.213 e. The van der Waals surface area contributed by atoms with Crippen molar-refractivity contribution in [2.45, 2.75) is 13.8 Å². The molecule has 0 atom stereocenters. The van der Waals surface area contributed by atoms with Gasteiger partial charge in [-0.25, -0.2) is 4.98 Å². The summed E-state index contributed by atoms with van der Waals surface area (Å²) < 4.78 is 0. The van der Waals surface area contributed by atoms with E-state index in [2.05, 4.69) is 15.0 Å². The van der Waals surface area contributed by atoms with Crippen molar-refractivity contribution in [3.63, 3.8) is 0 Å². The number of hydrogen-bond donors (Lipinski definition) is 3. The number of nitrogens with one attached hydrogen (secondary N) is 1. The lowest BCUT2D eigenvalue weighted by Gasteiger charge is -1.99. The second-order valence-electron chi connectivity index (χ2n) is 4.75. The van der Waals surface area contributed by atoms with Crippen LogP contribution in [0.2, 0.25) is 5.02 Å². The Morgan fingerprint density at radius 1 is 1.26 bits per heavy atom. The monoisotopic (exact) mass is 391 g/mol. The summed E-state index contributed by atoms with van der Waals surface area (Å²) in [6, 6.07) is 5.77. The number of halogens is 3. The quantitative estimate of drug-likeness (QED) is 0.448. The zero-order valence-electron chi connectivity index (χ0n) is 12.4. The fourth-order valence-electron chi connectivity index (χ4n) is 2.38. The molecule has 1 aromatic carbocycles. The SMILES string of the molecule is Cc1[nH]c2ccc(Cl)cc2c1-c1nc(N=C(N)N)sc1C.Cl.Cl. The number of aromatic nitrogens is 2. The largest absolute Gasteiger partial charge is 0.370 e. The van der Waals surface area contributed by atoms with Crippen LogP contribution in [-0.2, 0) is 0 Å². The van der Waals surface area contributed by atoms with Gasteiger partial charge in [0.15, 0.2) is 5.96 Å². The fourth-order valence-corrected chi connectivity index (χ4v) is 3.35. The summed E-state index contributed by atoms with van der Waals surface area (Å²) in [5.74, 6) is 0.00833. The molecule has 2 aromatic heterocycles. The van der Waals surface area contributed by atoms with Crippen molar-refractivity contribution in [3.8, 4) is 11.3 Å². The fraction of sp³-hybridized carbons (Fsp3) is 0.143. The van der Waals surface area contributed by atoms with Crippen LogP contribution in [0.3, 0.4) is 0 Å². The summed E-state index contributed by atoms with van der Waals surface area (Å²) >= 11 is 7.57. The second kappa shape index (κ2) is 7.40. The first-order valence-electron chi connectivity index (χ1n) is 6.31. The molecule has 0 radical (unpaired) electrons. The molecule has 5 N–H and O–H groups in total. The number of nitrogens with two attached hydrogens (primary N) is 2. The van der Waals surface area contributed by atoms with Crippen LogP contribution in [0, 0.1) is 13.8 Å². The number of aryl methyl sites for hydroxylation is 2. The van der Waals surface area contributed by atoms with Crippen molar-refractivity contribution in [2.24, 2.45) is 16.5 Å². The molecule has 0 aliphatic rings. The lowest BCUT2D eigenvalue weighted by atomic mass is 10.1. The van der Waals surface area contributed by atoms with Gasteiger partial charge in [-0.15, -0.1) is 24.8 Å². The number of thiazole rings is 1. The van der Waals surface area contributed by atoms with Crippen LogP contribution in [0.5, 0.6) is 0 Å². The standard InChI is InChI=1S/C14H14ClN5S.2ClH/c1-6-11(9-5-8(15)3-4-10(9)18-6)12-7(2)21-14(19-12)20-13(16)17;;/h3-5,18H,1-2H3,(H4,16,17,19,20);2*1H. The minimum absolute atomic E-state index is 0. The van der Waals surface area contributed by atoms with E-state index in [-0.39, 0.29) is 30.8 Å². The molecule has 124 valence electrons. The van der Waals surface area contributed by atoms with E-state index in [1.165, 1.54) is 11.3 Å². The topological polar surface area (TPSA) is 93.1 Å². The summed E-state index contributed by atoms with van der Waals surface area (Å²) in [4.78, 5) is 13.0. The minimum Gasteiger partial charge on any atom is -0.370 e. The molecule has 0 amide bonds. The molecule has 0 bridgehead atoms. The summed E-state index contributed by atoms with van der Waals surface area (Å²) in [6.45, 7) is 4.02. The number of rotatable bonds is 2. The third kappa shape index (κ3) is 3.72. The predicted molar refractivity (Wildman–Crippen MR) is 104 cm³/mol. The van der Waals surface area contributed by atoms with Crippen LogP contribution in [-0.4, -0.2) is 15.9 Å². The number of guanidine groups is 1. The Morgan fingerprint density at radius 2 is 1.96 bits per heavy atom. The minimum atomic E-state index is 0. The molecule has 0 aliphatic carbocycles. The average molecular weight is 393 g/mol. The molecule has 0 fully saturated rings.